The lowest BCUT2D eigenvalue weighted by Gasteiger charge is -2.30. The summed E-state index contributed by atoms with van der Waals surface area (Å²) in [4.78, 5) is 11.5. The number of nitrogens with zero attached hydrogens (tertiary/aromatic N) is 3. The molecule has 1 aliphatic heterocycles. The minimum Gasteiger partial charge on any atom is -0.378 e. The third-order valence-corrected chi connectivity index (χ3v) is 5.08. The molecule has 2 aromatic carbocycles. The highest BCUT2D eigenvalue weighted by atomic mass is 16.5. The SMILES string of the molecule is Cc1nc(NCc2ccccc2C)cc(Nc2ccccc2N2CCOCC2)n1. The molecule has 1 aromatic heterocycles. The summed E-state index contributed by atoms with van der Waals surface area (Å²) >= 11 is 0. The van der Waals surface area contributed by atoms with Crippen LogP contribution in [0.1, 0.15) is 17.0 Å². The Labute approximate surface area is 172 Å². The predicted molar refractivity (Wildman–Crippen MR) is 118 cm³/mol. The molecule has 0 spiro atoms. The van der Waals surface area contributed by atoms with Crippen molar-refractivity contribution >= 4 is 23.0 Å². The number of ether oxygens (including phenoxy) is 1. The minimum atomic E-state index is 0.728. The smallest absolute Gasteiger partial charge is 0.136 e. The van der Waals surface area contributed by atoms with Gasteiger partial charge in [-0.05, 0) is 37.1 Å². The fourth-order valence-corrected chi connectivity index (χ4v) is 3.51. The lowest BCUT2D eigenvalue weighted by molar-refractivity contribution is 0.123. The van der Waals surface area contributed by atoms with Gasteiger partial charge in [0.05, 0.1) is 24.6 Å². The number of morpholine rings is 1. The van der Waals surface area contributed by atoms with E-state index in [9.17, 15) is 0 Å². The number of nitrogens with one attached hydrogen (secondary N) is 2. The molecule has 6 heteroatoms. The van der Waals surface area contributed by atoms with Gasteiger partial charge in [0.25, 0.3) is 0 Å². The summed E-state index contributed by atoms with van der Waals surface area (Å²) < 4.78 is 5.49. The van der Waals surface area contributed by atoms with Crippen LogP contribution < -0.4 is 15.5 Å². The van der Waals surface area contributed by atoms with Crippen LogP contribution in [0.2, 0.25) is 0 Å². The summed E-state index contributed by atoms with van der Waals surface area (Å²) in [6.07, 6.45) is 0. The first-order valence-corrected chi connectivity index (χ1v) is 10.0. The highest BCUT2D eigenvalue weighted by Gasteiger charge is 2.15. The van der Waals surface area contributed by atoms with Gasteiger partial charge in [0.1, 0.15) is 17.5 Å². The molecule has 0 aliphatic carbocycles. The molecule has 0 bridgehead atoms. The Kier molecular flexibility index (Phi) is 5.91. The number of aryl methyl sites for hydroxylation is 2. The van der Waals surface area contributed by atoms with Crippen molar-refractivity contribution in [3.05, 3.63) is 71.5 Å². The zero-order chi connectivity index (χ0) is 20.1. The van der Waals surface area contributed by atoms with Gasteiger partial charge in [0.15, 0.2) is 0 Å². The van der Waals surface area contributed by atoms with Crippen LogP contribution >= 0.6 is 0 Å². The van der Waals surface area contributed by atoms with Crippen LogP contribution in [0.25, 0.3) is 0 Å². The van der Waals surface area contributed by atoms with Crippen LogP contribution in [-0.4, -0.2) is 36.3 Å². The van der Waals surface area contributed by atoms with Crippen molar-refractivity contribution in [2.45, 2.75) is 20.4 Å². The van der Waals surface area contributed by atoms with E-state index in [0.29, 0.717) is 0 Å². The van der Waals surface area contributed by atoms with Crippen molar-refractivity contribution in [2.24, 2.45) is 0 Å². The lowest BCUT2D eigenvalue weighted by Crippen LogP contribution is -2.36. The van der Waals surface area contributed by atoms with Crippen molar-refractivity contribution in [2.75, 3.05) is 41.8 Å². The molecule has 0 amide bonds. The van der Waals surface area contributed by atoms with Crippen LogP contribution in [0.3, 0.4) is 0 Å². The Balaban J connectivity index is 1.52. The Morgan fingerprint density at radius 2 is 1.66 bits per heavy atom. The fraction of sp³-hybridized carbons (Fsp3) is 0.304. The van der Waals surface area contributed by atoms with E-state index in [1.165, 1.54) is 16.8 Å². The molecule has 2 heterocycles. The second kappa shape index (κ2) is 8.92. The first-order valence-electron chi connectivity index (χ1n) is 10.0. The molecule has 6 nitrogen and oxygen atoms in total. The van der Waals surface area contributed by atoms with E-state index >= 15 is 0 Å². The molecule has 3 aromatic rings. The number of anilines is 4. The molecule has 1 fully saturated rings. The zero-order valence-corrected chi connectivity index (χ0v) is 17.0. The van der Waals surface area contributed by atoms with Gasteiger partial charge in [-0.25, -0.2) is 9.97 Å². The molecule has 1 aliphatic rings. The maximum Gasteiger partial charge on any atom is 0.136 e. The molecule has 150 valence electrons. The number of hydrogen-bond donors (Lipinski definition) is 2. The largest absolute Gasteiger partial charge is 0.378 e. The maximum atomic E-state index is 5.49. The Bertz CT molecular complexity index is 969. The standard InChI is InChI=1S/C23H27N5O/c1-17-7-3-4-8-19(17)16-24-22-15-23(26-18(2)25-22)27-20-9-5-6-10-21(20)28-11-13-29-14-12-28/h3-10,15H,11-14,16H2,1-2H3,(H2,24,25,26,27). The Morgan fingerprint density at radius 3 is 2.48 bits per heavy atom. The summed E-state index contributed by atoms with van der Waals surface area (Å²) in [5, 5.41) is 6.92. The van der Waals surface area contributed by atoms with Crippen molar-refractivity contribution in [1.29, 1.82) is 0 Å². The molecule has 2 N–H and O–H groups in total. The Morgan fingerprint density at radius 1 is 0.931 bits per heavy atom. The predicted octanol–water partition coefficient (Wildman–Crippen LogP) is 4.29. The summed E-state index contributed by atoms with van der Waals surface area (Å²) in [6.45, 7) is 8.07. The van der Waals surface area contributed by atoms with Crippen molar-refractivity contribution < 1.29 is 4.74 Å². The average Bonchev–Trinajstić information content (AvgIpc) is 2.74. The van der Waals surface area contributed by atoms with E-state index in [0.717, 1.165) is 56.0 Å². The van der Waals surface area contributed by atoms with Gasteiger partial charge in [-0.3, -0.25) is 0 Å². The van der Waals surface area contributed by atoms with Crippen molar-refractivity contribution in [3.63, 3.8) is 0 Å². The molecule has 0 unspecified atom stereocenters. The molecule has 0 atom stereocenters. The third-order valence-electron chi connectivity index (χ3n) is 5.08. The lowest BCUT2D eigenvalue weighted by atomic mass is 10.1. The maximum absolute atomic E-state index is 5.49. The van der Waals surface area contributed by atoms with Crippen LogP contribution in [0, 0.1) is 13.8 Å². The van der Waals surface area contributed by atoms with Crippen LogP contribution in [0.4, 0.5) is 23.0 Å². The van der Waals surface area contributed by atoms with Crippen LogP contribution in [-0.2, 0) is 11.3 Å². The molecule has 0 radical (unpaired) electrons. The summed E-state index contributed by atoms with van der Waals surface area (Å²) in [7, 11) is 0. The normalized spacial score (nSPS) is 13.9. The highest BCUT2D eigenvalue weighted by Crippen LogP contribution is 2.29. The number of para-hydroxylation sites is 2. The van der Waals surface area contributed by atoms with Gasteiger partial charge in [0, 0.05) is 25.7 Å². The zero-order valence-electron chi connectivity index (χ0n) is 17.0. The van der Waals surface area contributed by atoms with Gasteiger partial charge >= 0.3 is 0 Å². The molecule has 4 rings (SSSR count). The summed E-state index contributed by atoms with van der Waals surface area (Å²) in [5.41, 5.74) is 4.73. The van der Waals surface area contributed by atoms with E-state index in [1.54, 1.807) is 0 Å². The van der Waals surface area contributed by atoms with E-state index in [-0.39, 0.29) is 0 Å². The van der Waals surface area contributed by atoms with Gasteiger partial charge in [-0.2, -0.15) is 0 Å². The third kappa shape index (κ3) is 4.84. The average molecular weight is 390 g/mol. The van der Waals surface area contributed by atoms with Crippen LogP contribution in [0.5, 0.6) is 0 Å². The van der Waals surface area contributed by atoms with Crippen molar-refractivity contribution in [3.8, 4) is 0 Å². The molecule has 0 saturated carbocycles. The number of hydrogen-bond acceptors (Lipinski definition) is 6. The molecular formula is C23H27N5O. The number of aromatic nitrogens is 2. The summed E-state index contributed by atoms with van der Waals surface area (Å²) in [5.74, 6) is 2.32. The molecule has 1 saturated heterocycles. The number of rotatable bonds is 6. The quantitative estimate of drug-likeness (QED) is 0.656. The van der Waals surface area contributed by atoms with E-state index < -0.39 is 0 Å². The molecule has 29 heavy (non-hydrogen) atoms. The molecular weight excluding hydrogens is 362 g/mol. The highest BCUT2D eigenvalue weighted by molar-refractivity contribution is 5.75. The Hall–Kier alpha value is -3.12. The fourth-order valence-electron chi connectivity index (χ4n) is 3.51. The van der Waals surface area contributed by atoms with Crippen LogP contribution in [0.15, 0.2) is 54.6 Å². The first-order chi connectivity index (χ1) is 14.2. The number of benzene rings is 2. The topological polar surface area (TPSA) is 62.3 Å². The monoisotopic (exact) mass is 389 g/mol. The van der Waals surface area contributed by atoms with Gasteiger partial charge in [-0.1, -0.05) is 36.4 Å². The summed E-state index contributed by atoms with van der Waals surface area (Å²) in [6, 6.07) is 18.7. The van der Waals surface area contributed by atoms with Crippen molar-refractivity contribution in [1.82, 2.24) is 9.97 Å². The van der Waals surface area contributed by atoms with E-state index in [1.807, 2.05) is 19.1 Å². The van der Waals surface area contributed by atoms with Gasteiger partial charge < -0.3 is 20.3 Å². The van der Waals surface area contributed by atoms with Gasteiger partial charge in [0.2, 0.25) is 0 Å². The minimum absolute atomic E-state index is 0.728. The second-order valence-electron chi connectivity index (χ2n) is 7.21. The van der Waals surface area contributed by atoms with E-state index in [4.69, 9.17) is 4.74 Å². The van der Waals surface area contributed by atoms with Gasteiger partial charge in [-0.15, -0.1) is 0 Å². The second-order valence-corrected chi connectivity index (χ2v) is 7.21. The van der Waals surface area contributed by atoms with E-state index in [2.05, 4.69) is 74.9 Å². The first kappa shape index (κ1) is 19.2.